The highest BCUT2D eigenvalue weighted by atomic mass is 35.5. The van der Waals surface area contributed by atoms with Crippen LogP contribution in [-0.2, 0) is 4.79 Å². The number of aliphatic imine (C=N–C) groups is 1. The number of nitrogens with zero attached hydrogens (tertiary/aromatic N) is 1. The first kappa shape index (κ1) is 13.6. The van der Waals surface area contributed by atoms with Crippen LogP contribution >= 0.6 is 12.4 Å². The molecular formula is C15H18ClN3O. The number of benzene rings is 1. The van der Waals surface area contributed by atoms with Crippen LogP contribution in [-0.4, -0.2) is 30.4 Å². The molecule has 3 atom stereocenters. The summed E-state index contributed by atoms with van der Waals surface area (Å²) in [6, 6.07) is 9.92. The topological polar surface area (TPSA) is 53.5 Å². The first-order valence-electron chi connectivity index (χ1n) is 6.97. The van der Waals surface area contributed by atoms with Gasteiger partial charge in [-0.15, -0.1) is 12.4 Å². The molecule has 0 bridgehead atoms. The Morgan fingerprint density at radius 2 is 2.00 bits per heavy atom. The number of carbonyl (C=O) groups is 1. The second kappa shape index (κ2) is 4.86. The lowest BCUT2D eigenvalue weighted by Crippen LogP contribution is -2.44. The average Bonchev–Trinajstić information content (AvgIpc) is 3.10. The molecule has 3 aliphatic rings. The molecule has 2 fully saturated rings. The molecule has 1 saturated heterocycles. The summed E-state index contributed by atoms with van der Waals surface area (Å²) in [4.78, 5) is 17.3. The number of halogens is 1. The monoisotopic (exact) mass is 291 g/mol. The van der Waals surface area contributed by atoms with Crippen molar-refractivity contribution in [3.63, 3.8) is 0 Å². The molecule has 0 radical (unpaired) electrons. The van der Waals surface area contributed by atoms with E-state index >= 15 is 0 Å². The summed E-state index contributed by atoms with van der Waals surface area (Å²) in [5.74, 6) is 1.83. The zero-order valence-electron chi connectivity index (χ0n) is 11.1. The van der Waals surface area contributed by atoms with Crippen molar-refractivity contribution in [3.05, 3.63) is 35.9 Å². The van der Waals surface area contributed by atoms with Crippen LogP contribution in [0.1, 0.15) is 18.4 Å². The number of carbonyl (C=O) groups excluding carboxylic acids is 1. The Bertz CT molecular complexity index is 559. The van der Waals surface area contributed by atoms with Gasteiger partial charge in [-0.25, -0.2) is 0 Å². The fourth-order valence-corrected chi connectivity index (χ4v) is 3.83. The molecule has 20 heavy (non-hydrogen) atoms. The highest BCUT2D eigenvalue weighted by Gasteiger charge is 2.57. The van der Waals surface area contributed by atoms with Gasteiger partial charge in [0.15, 0.2) is 0 Å². The second-order valence-electron chi connectivity index (χ2n) is 5.77. The van der Waals surface area contributed by atoms with Gasteiger partial charge >= 0.3 is 0 Å². The Morgan fingerprint density at radius 1 is 1.20 bits per heavy atom. The predicted molar refractivity (Wildman–Crippen MR) is 80.2 cm³/mol. The van der Waals surface area contributed by atoms with E-state index in [1.807, 2.05) is 30.3 Å². The van der Waals surface area contributed by atoms with Gasteiger partial charge in [-0.1, -0.05) is 30.3 Å². The number of amides is 1. The largest absolute Gasteiger partial charge is 0.316 e. The Kier molecular flexibility index (Phi) is 3.30. The summed E-state index contributed by atoms with van der Waals surface area (Å²) >= 11 is 0. The number of hydrogen-bond acceptors (Lipinski definition) is 3. The van der Waals surface area contributed by atoms with E-state index in [0.29, 0.717) is 11.8 Å². The summed E-state index contributed by atoms with van der Waals surface area (Å²) in [7, 11) is 0. The highest BCUT2D eigenvalue weighted by Crippen LogP contribution is 2.46. The van der Waals surface area contributed by atoms with Crippen molar-refractivity contribution < 1.29 is 4.79 Å². The number of amidine groups is 1. The van der Waals surface area contributed by atoms with Crippen LogP contribution in [0.15, 0.2) is 35.3 Å². The van der Waals surface area contributed by atoms with Gasteiger partial charge in [0.1, 0.15) is 11.4 Å². The van der Waals surface area contributed by atoms with Crippen LogP contribution in [0.2, 0.25) is 0 Å². The van der Waals surface area contributed by atoms with Gasteiger partial charge in [0, 0.05) is 18.0 Å². The number of nitrogens with one attached hydrogen (secondary N) is 2. The number of fused-ring (bicyclic) bond motifs is 2. The Hall–Kier alpha value is -1.39. The molecule has 2 N–H and O–H groups in total. The highest BCUT2D eigenvalue weighted by molar-refractivity contribution is 6.15. The van der Waals surface area contributed by atoms with E-state index in [9.17, 15) is 4.79 Å². The molecule has 4 nitrogen and oxygen atoms in total. The first-order chi connectivity index (χ1) is 9.29. The fourth-order valence-electron chi connectivity index (χ4n) is 3.83. The van der Waals surface area contributed by atoms with Crippen molar-refractivity contribution in [3.8, 4) is 0 Å². The summed E-state index contributed by atoms with van der Waals surface area (Å²) in [5.41, 5.74) is 0.501. The van der Waals surface area contributed by atoms with E-state index in [1.54, 1.807) is 0 Å². The molecule has 106 valence electrons. The third-order valence-corrected chi connectivity index (χ3v) is 4.83. The van der Waals surface area contributed by atoms with Crippen molar-refractivity contribution in [2.24, 2.45) is 16.8 Å². The van der Waals surface area contributed by atoms with E-state index in [0.717, 1.165) is 37.3 Å². The van der Waals surface area contributed by atoms with Crippen LogP contribution in [0.25, 0.3) is 0 Å². The third kappa shape index (κ3) is 1.79. The molecule has 0 aromatic heterocycles. The lowest BCUT2D eigenvalue weighted by Gasteiger charge is -2.23. The summed E-state index contributed by atoms with van der Waals surface area (Å²) < 4.78 is 0. The van der Waals surface area contributed by atoms with E-state index in [2.05, 4.69) is 10.6 Å². The van der Waals surface area contributed by atoms with E-state index in [-0.39, 0.29) is 18.3 Å². The molecule has 1 aliphatic carbocycles. The molecular weight excluding hydrogens is 274 g/mol. The summed E-state index contributed by atoms with van der Waals surface area (Å²) in [6.45, 7) is 1.96. The van der Waals surface area contributed by atoms with Crippen molar-refractivity contribution in [2.75, 3.05) is 13.1 Å². The normalized spacial score (nSPS) is 34.6. The Morgan fingerprint density at radius 3 is 2.80 bits per heavy atom. The fraction of sp³-hybridized carbons (Fsp3) is 0.467. The first-order valence-corrected chi connectivity index (χ1v) is 6.97. The standard InChI is InChI=1S/C15H17N3O.ClH/c19-14-15(7-6-11-8-16-9-12(11)15)18-13(17-14)10-4-2-1-3-5-10;/h1-5,11-12,16H,6-9H2,(H,17,18,19);1H/t11-,12+,15-;/m1./s1. The van der Waals surface area contributed by atoms with Gasteiger partial charge in [-0.05, 0) is 25.3 Å². The van der Waals surface area contributed by atoms with Crippen molar-refractivity contribution >= 4 is 24.1 Å². The summed E-state index contributed by atoms with van der Waals surface area (Å²) in [5, 5.41) is 6.40. The van der Waals surface area contributed by atoms with Crippen molar-refractivity contribution in [1.29, 1.82) is 0 Å². The third-order valence-electron chi connectivity index (χ3n) is 4.83. The zero-order chi connectivity index (χ0) is 12.9. The van der Waals surface area contributed by atoms with Gasteiger partial charge in [0.2, 0.25) is 0 Å². The smallest absolute Gasteiger partial charge is 0.253 e. The van der Waals surface area contributed by atoms with Gasteiger partial charge < -0.3 is 10.6 Å². The van der Waals surface area contributed by atoms with Crippen molar-refractivity contribution in [2.45, 2.75) is 18.4 Å². The molecule has 1 aromatic rings. The minimum atomic E-state index is -0.501. The molecule has 1 amide bonds. The molecule has 2 heterocycles. The maximum Gasteiger partial charge on any atom is 0.253 e. The quantitative estimate of drug-likeness (QED) is 0.821. The molecule has 1 spiro atoms. The predicted octanol–water partition coefficient (Wildman–Crippen LogP) is 1.35. The van der Waals surface area contributed by atoms with Crippen LogP contribution in [0.3, 0.4) is 0 Å². The van der Waals surface area contributed by atoms with Gasteiger partial charge in [0.25, 0.3) is 5.91 Å². The maximum absolute atomic E-state index is 12.5. The SMILES string of the molecule is Cl.O=C1NC(c2ccccc2)=N[C@@]12CC[C@@H]1CNC[C@@H]12. The molecule has 5 heteroatoms. The Labute approximate surface area is 124 Å². The van der Waals surface area contributed by atoms with E-state index in [4.69, 9.17) is 4.99 Å². The van der Waals surface area contributed by atoms with Crippen LogP contribution in [0, 0.1) is 11.8 Å². The maximum atomic E-state index is 12.5. The number of rotatable bonds is 1. The summed E-state index contributed by atoms with van der Waals surface area (Å²) in [6.07, 6.45) is 2.00. The van der Waals surface area contributed by atoms with Crippen LogP contribution in [0.4, 0.5) is 0 Å². The van der Waals surface area contributed by atoms with Crippen LogP contribution in [0.5, 0.6) is 0 Å². The molecule has 1 aromatic carbocycles. The second-order valence-corrected chi connectivity index (χ2v) is 5.77. The lowest BCUT2D eigenvalue weighted by atomic mass is 9.85. The molecule has 1 saturated carbocycles. The number of hydrogen-bond donors (Lipinski definition) is 2. The van der Waals surface area contributed by atoms with Gasteiger partial charge in [-0.3, -0.25) is 9.79 Å². The average molecular weight is 292 g/mol. The molecule has 2 aliphatic heterocycles. The minimum absolute atomic E-state index is 0. The lowest BCUT2D eigenvalue weighted by molar-refractivity contribution is -0.124. The van der Waals surface area contributed by atoms with E-state index < -0.39 is 5.54 Å². The van der Waals surface area contributed by atoms with E-state index in [1.165, 1.54) is 0 Å². The van der Waals surface area contributed by atoms with Gasteiger partial charge in [0.05, 0.1) is 0 Å². The molecule has 4 rings (SSSR count). The minimum Gasteiger partial charge on any atom is -0.316 e. The van der Waals surface area contributed by atoms with Crippen LogP contribution < -0.4 is 10.6 Å². The zero-order valence-corrected chi connectivity index (χ0v) is 12.0. The van der Waals surface area contributed by atoms with Gasteiger partial charge in [-0.2, -0.15) is 0 Å². The van der Waals surface area contributed by atoms with Crippen molar-refractivity contribution in [1.82, 2.24) is 10.6 Å². The Balaban J connectivity index is 0.00000121. The molecule has 0 unspecified atom stereocenters.